The van der Waals surface area contributed by atoms with Gasteiger partial charge in [0.25, 0.3) is 0 Å². The van der Waals surface area contributed by atoms with Crippen LogP contribution in [0.25, 0.3) is 0 Å². The smallest absolute Gasteiger partial charge is 0.149 e. The first-order chi connectivity index (χ1) is 6.19. The van der Waals surface area contributed by atoms with E-state index >= 15 is 0 Å². The molecule has 1 aliphatic heterocycles. The number of ketones is 1. The maximum Gasteiger partial charge on any atom is 0.149 e. The van der Waals surface area contributed by atoms with Crippen LogP contribution >= 0.6 is 0 Å². The van der Waals surface area contributed by atoms with Crippen LogP contribution < -0.4 is 0 Å². The molecule has 1 saturated heterocycles. The zero-order valence-electron chi connectivity index (χ0n) is 8.75. The summed E-state index contributed by atoms with van der Waals surface area (Å²) in [7, 11) is 1.74. The number of ether oxygens (including phenoxy) is 1. The average Bonchev–Trinajstić information content (AvgIpc) is 2.63. The fourth-order valence-electron chi connectivity index (χ4n) is 1.80. The van der Waals surface area contributed by atoms with Crippen molar-refractivity contribution in [2.45, 2.75) is 38.8 Å². The van der Waals surface area contributed by atoms with E-state index in [1.165, 1.54) is 0 Å². The van der Waals surface area contributed by atoms with Gasteiger partial charge in [0.1, 0.15) is 5.78 Å². The summed E-state index contributed by atoms with van der Waals surface area (Å²) in [5.74, 6) is 0.330. The summed E-state index contributed by atoms with van der Waals surface area (Å²) in [5.41, 5.74) is 0. The zero-order chi connectivity index (χ0) is 9.84. The molecule has 0 bridgehead atoms. The van der Waals surface area contributed by atoms with Crippen molar-refractivity contribution in [1.82, 2.24) is 4.90 Å². The maximum atomic E-state index is 11.4. The third-order valence-corrected chi connectivity index (χ3v) is 2.87. The van der Waals surface area contributed by atoms with Gasteiger partial charge < -0.3 is 4.74 Å². The summed E-state index contributed by atoms with van der Waals surface area (Å²) >= 11 is 0. The molecule has 2 atom stereocenters. The van der Waals surface area contributed by atoms with E-state index < -0.39 is 0 Å². The van der Waals surface area contributed by atoms with Crippen molar-refractivity contribution >= 4 is 5.78 Å². The van der Waals surface area contributed by atoms with Crippen LogP contribution in [0.1, 0.15) is 26.7 Å². The molecule has 0 aromatic carbocycles. The molecule has 0 saturated carbocycles. The maximum absolute atomic E-state index is 11.4. The first-order valence-corrected chi connectivity index (χ1v) is 4.98. The van der Waals surface area contributed by atoms with E-state index in [2.05, 4.69) is 4.90 Å². The van der Waals surface area contributed by atoms with Gasteiger partial charge in [0.2, 0.25) is 0 Å². The van der Waals surface area contributed by atoms with Gasteiger partial charge in [-0.2, -0.15) is 0 Å². The average molecular weight is 185 g/mol. The number of Topliss-reactive ketones (excluding diaryl/α,β-unsaturated/α-hetero) is 1. The van der Waals surface area contributed by atoms with Crippen LogP contribution in [0.3, 0.4) is 0 Å². The quantitative estimate of drug-likeness (QED) is 0.656. The normalized spacial score (nSPS) is 26.2. The van der Waals surface area contributed by atoms with E-state index in [1.807, 2.05) is 13.8 Å². The number of hydrogen-bond donors (Lipinski definition) is 0. The van der Waals surface area contributed by atoms with Crippen LogP contribution in [0.15, 0.2) is 0 Å². The molecule has 0 N–H and O–H groups in total. The molecule has 76 valence electrons. The Morgan fingerprint density at radius 2 is 2.38 bits per heavy atom. The summed E-state index contributed by atoms with van der Waals surface area (Å²) in [5, 5.41) is 0. The van der Waals surface area contributed by atoms with E-state index in [1.54, 1.807) is 7.11 Å². The highest BCUT2D eigenvalue weighted by molar-refractivity contribution is 5.83. The second kappa shape index (κ2) is 4.72. The fraction of sp³-hybridized carbons (Fsp3) is 0.900. The minimum Gasteiger partial charge on any atom is -0.380 e. The number of hydrogen-bond acceptors (Lipinski definition) is 3. The number of carbonyl (C=O) groups is 1. The molecule has 0 spiro atoms. The lowest BCUT2D eigenvalue weighted by Gasteiger charge is -2.22. The SMILES string of the molecule is CCC(=O)C(C)N1CCC(OC)C1. The Morgan fingerprint density at radius 3 is 2.85 bits per heavy atom. The van der Waals surface area contributed by atoms with Gasteiger partial charge in [-0.15, -0.1) is 0 Å². The number of likely N-dealkylation sites (tertiary alicyclic amines) is 1. The fourth-order valence-corrected chi connectivity index (χ4v) is 1.80. The summed E-state index contributed by atoms with van der Waals surface area (Å²) < 4.78 is 5.25. The molecule has 3 heteroatoms. The second-order valence-corrected chi connectivity index (χ2v) is 3.64. The summed E-state index contributed by atoms with van der Waals surface area (Å²) in [6.07, 6.45) is 2.01. The molecular weight excluding hydrogens is 166 g/mol. The third-order valence-electron chi connectivity index (χ3n) is 2.87. The molecule has 2 unspecified atom stereocenters. The minimum absolute atomic E-state index is 0.0742. The molecule has 1 aliphatic rings. The standard InChI is InChI=1S/C10H19NO2/c1-4-10(12)8(2)11-6-5-9(7-11)13-3/h8-9H,4-7H2,1-3H3. The lowest BCUT2D eigenvalue weighted by Crippen LogP contribution is -2.37. The molecule has 0 aromatic rings. The molecule has 3 nitrogen and oxygen atoms in total. The minimum atomic E-state index is 0.0742. The molecule has 13 heavy (non-hydrogen) atoms. The van der Waals surface area contributed by atoms with Crippen LogP contribution in [-0.4, -0.2) is 43.0 Å². The Hall–Kier alpha value is -0.410. The van der Waals surface area contributed by atoms with E-state index in [0.29, 0.717) is 18.3 Å². The monoisotopic (exact) mass is 185 g/mol. The second-order valence-electron chi connectivity index (χ2n) is 3.64. The summed E-state index contributed by atoms with van der Waals surface area (Å²) in [4.78, 5) is 13.6. The van der Waals surface area contributed by atoms with Crippen molar-refractivity contribution in [1.29, 1.82) is 0 Å². The third kappa shape index (κ3) is 2.51. The summed E-state index contributed by atoms with van der Waals surface area (Å²) in [6, 6.07) is 0.0742. The number of rotatable bonds is 4. The largest absolute Gasteiger partial charge is 0.380 e. The van der Waals surface area contributed by atoms with Crippen LogP contribution in [0.2, 0.25) is 0 Å². The highest BCUT2D eigenvalue weighted by Gasteiger charge is 2.28. The van der Waals surface area contributed by atoms with Crippen molar-refractivity contribution in [2.24, 2.45) is 0 Å². The Bertz CT molecular complexity index is 182. The first kappa shape index (κ1) is 10.7. The predicted molar refractivity (Wildman–Crippen MR) is 51.7 cm³/mol. The van der Waals surface area contributed by atoms with Gasteiger partial charge in [-0.1, -0.05) is 6.92 Å². The molecule has 0 radical (unpaired) electrons. The van der Waals surface area contributed by atoms with E-state index in [9.17, 15) is 4.79 Å². The van der Waals surface area contributed by atoms with E-state index in [-0.39, 0.29) is 6.04 Å². The number of nitrogens with zero attached hydrogens (tertiary/aromatic N) is 1. The van der Waals surface area contributed by atoms with Crippen molar-refractivity contribution in [3.05, 3.63) is 0 Å². The first-order valence-electron chi connectivity index (χ1n) is 4.98. The van der Waals surface area contributed by atoms with Crippen molar-refractivity contribution < 1.29 is 9.53 Å². The van der Waals surface area contributed by atoms with Gasteiger partial charge in [-0.25, -0.2) is 0 Å². The molecule has 1 fully saturated rings. The van der Waals surface area contributed by atoms with Crippen molar-refractivity contribution in [3.8, 4) is 0 Å². The molecule has 1 rings (SSSR count). The Labute approximate surface area is 80.1 Å². The highest BCUT2D eigenvalue weighted by Crippen LogP contribution is 2.15. The Kier molecular flexibility index (Phi) is 3.88. The van der Waals surface area contributed by atoms with E-state index in [0.717, 1.165) is 19.5 Å². The lowest BCUT2D eigenvalue weighted by molar-refractivity contribution is -0.123. The van der Waals surface area contributed by atoms with Gasteiger partial charge in [0.15, 0.2) is 0 Å². The topological polar surface area (TPSA) is 29.5 Å². The van der Waals surface area contributed by atoms with Gasteiger partial charge in [-0.3, -0.25) is 9.69 Å². The van der Waals surface area contributed by atoms with Gasteiger partial charge >= 0.3 is 0 Å². The summed E-state index contributed by atoms with van der Waals surface area (Å²) in [6.45, 7) is 5.81. The Balaban J connectivity index is 2.41. The highest BCUT2D eigenvalue weighted by atomic mass is 16.5. The molecular formula is C10H19NO2. The van der Waals surface area contributed by atoms with Crippen LogP contribution in [-0.2, 0) is 9.53 Å². The van der Waals surface area contributed by atoms with Gasteiger partial charge in [-0.05, 0) is 13.3 Å². The van der Waals surface area contributed by atoms with Crippen molar-refractivity contribution in [2.75, 3.05) is 20.2 Å². The van der Waals surface area contributed by atoms with E-state index in [4.69, 9.17) is 4.74 Å². The number of carbonyl (C=O) groups excluding carboxylic acids is 1. The zero-order valence-corrected chi connectivity index (χ0v) is 8.75. The van der Waals surface area contributed by atoms with Crippen LogP contribution in [0.5, 0.6) is 0 Å². The lowest BCUT2D eigenvalue weighted by atomic mass is 10.1. The van der Waals surface area contributed by atoms with Crippen molar-refractivity contribution in [3.63, 3.8) is 0 Å². The molecule has 1 heterocycles. The molecule has 0 aromatic heterocycles. The molecule has 0 aliphatic carbocycles. The number of methoxy groups -OCH3 is 1. The van der Waals surface area contributed by atoms with Gasteiger partial charge in [0.05, 0.1) is 12.1 Å². The van der Waals surface area contributed by atoms with Crippen LogP contribution in [0.4, 0.5) is 0 Å². The van der Waals surface area contributed by atoms with Crippen LogP contribution in [0, 0.1) is 0 Å². The molecule has 0 amide bonds. The van der Waals surface area contributed by atoms with Gasteiger partial charge in [0, 0.05) is 26.6 Å². The Morgan fingerprint density at radius 1 is 1.69 bits per heavy atom. The predicted octanol–water partition coefficient (Wildman–Crippen LogP) is 1.07.